The van der Waals surface area contributed by atoms with Crippen molar-refractivity contribution in [3.05, 3.63) is 17.6 Å². The Balaban J connectivity index is 2.28. The predicted molar refractivity (Wildman–Crippen MR) is 93.5 cm³/mol. The summed E-state index contributed by atoms with van der Waals surface area (Å²) in [6.07, 6.45) is 2.77. The lowest BCUT2D eigenvalue weighted by atomic mass is 10.2. The van der Waals surface area contributed by atoms with Crippen molar-refractivity contribution in [1.29, 1.82) is 0 Å². The fourth-order valence-electron chi connectivity index (χ4n) is 2.79. The fraction of sp³-hybridized carbons (Fsp3) is 0.647. The molecule has 5 heteroatoms. The van der Waals surface area contributed by atoms with E-state index in [0.29, 0.717) is 5.92 Å². The average molecular weight is 303 g/mol. The number of nitrogens with zero attached hydrogens (tertiary/aromatic N) is 4. The van der Waals surface area contributed by atoms with Gasteiger partial charge in [-0.25, -0.2) is 9.97 Å². The van der Waals surface area contributed by atoms with Gasteiger partial charge in [0.15, 0.2) is 0 Å². The lowest BCUT2D eigenvalue weighted by molar-refractivity contribution is 0.405. The SMILES string of the molecule is Cc1c(C)n(CC(C)C)c2ncnc(NCCCN(C)C)c12. The van der Waals surface area contributed by atoms with Gasteiger partial charge in [0.25, 0.3) is 0 Å². The maximum atomic E-state index is 4.54. The number of hydrogen-bond donors (Lipinski definition) is 1. The molecule has 0 amide bonds. The molecule has 0 radical (unpaired) electrons. The number of nitrogens with one attached hydrogen (secondary N) is 1. The van der Waals surface area contributed by atoms with E-state index >= 15 is 0 Å². The van der Waals surface area contributed by atoms with Crippen molar-refractivity contribution in [1.82, 2.24) is 19.4 Å². The highest BCUT2D eigenvalue weighted by molar-refractivity contribution is 5.91. The molecule has 0 aliphatic carbocycles. The molecule has 1 N–H and O–H groups in total. The summed E-state index contributed by atoms with van der Waals surface area (Å²) in [6, 6.07) is 0. The highest BCUT2D eigenvalue weighted by atomic mass is 15.1. The molecule has 0 unspecified atom stereocenters. The minimum Gasteiger partial charge on any atom is -0.369 e. The Morgan fingerprint density at radius 3 is 2.59 bits per heavy atom. The normalized spacial score (nSPS) is 11.8. The molecule has 0 bridgehead atoms. The van der Waals surface area contributed by atoms with E-state index in [1.165, 1.54) is 16.6 Å². The summed E-state index contributed by atoms with van der Waals surface area (Å²) in [5.74, 6) is 1.56. The molecule has 0 fully saturated rings. The van der Waals surface area contributed by atoms with Crippen LogP contribution in [-0.4, -0.2) is 46.6 Å². The van der Waals surface area contributed by atoms with Crippen LogP contribution in [-0.2, 0) is 6.54 Å². The topological polar surface area (TPSA) is 46.0 Å². The average Bonchev–Trinajstić information content (AvgIpc) is 2.69. The Kier molecular flexibility index (Phi) is 5.40. The van der Waals surface area contributed by atoms with Gasteiger partial charge in [0.2, 0.25) is 0 Å². The van der Waals surface area contributed by atoms with Gasteiger partial charge in [-0.3, -0.25) is 0 Å². The summed E-state index contributed by atoms with van der Waals surface area (Å²) in [4.78, 5) is 11.2. The summed E-state index contributed by atoms with van der Waals surface area (Å²) in [6.45, 7) is 11.8. The molecule has 5 nitrogen and oxygen atoms in total. The number of aromatic nitrogens is 3. The Morgan fingerprint density at radius 2 is 1.95 bits per heavy atom. The Labute approximate surface area is 133 Å². The first-order valence-corrected chi connectivity index (χ1v) is 8.10. The quantitative estimate of drug-likeness (QED) is 0.799. The zero-order valence-corrected chi connectivity index (χ0v) is 14.8. The number of hydrogen-bond acceptors (Lipinski definition) is 4. The highest BCUT2D eigenvalue weighted by Crippen LogP contribution is 2.29. The van der Waals surface area contributed by atoms with Gasteiger partial charge in [0, 0.05) is 18.8 Å². The summed E-state index contributed by atoms with van der Waals surface area (Å²) in [5.41, 5.74) is 3.63. The van der Waals surface area contributed by atoms with Crippen molar-refractivity contribution in [3.8, 4) is 0 Å². The van der Waals surface area contributed by atoms with Crippen molar-refractivity contribution in [2.45, 2.75) is 40.7 Å². The van der Waals surface area contributed by atoms with Gasteiger partial charge in [0.1, 0.15) is 17.8 Å². The summed E-state index contributed by atoms with van der Waals surface area (Å²) in [7, 11) is 4.20. The first-order chi connectivity index (χ1) is 10.4. The number of anilines is 1. The second-order valence-electron chi connectivity index (χ2n) is 6.72. The molecule has 2 aromatic rings. The summed E-state index contributed by atoms with van der Waals surface area (Å²) in [5, 5.41) is 4.66. The van der Waals surface area contributed by atoms with Crippen LogP contribution in [0.25, 0.3) is 11.0 Å². The fourth-order valence-corrected chi connectivity index (χ4v) is 2.79. The molecule has 0 saturated heterocycles. The standard InChI is InChI=1S/C17H29N5/c1-12(2)10-22-14(4)13(3)15-16(19-11-20-17(15)22)18-8-7-9-21(5)6/h11-12H,7-10H2,1-6H3,(H,18,19,20). The van der Waals surface area contributed by atoms with E-state index < -0.39 is 0 Å². The van der Waals surface area contributed by atoms with E-state index in [4.69, 9.17) is 0 Å². The molecule has 0 spiro atoms. The van der Waals surface area contributed by atoms with Gasteiger partial charge in [-0.2, -0.15) is 0 Å². The predicted octanol–water partition coefficient (Wildman–Crippen LogP) is 3.07. The molecule has 0 saturated carbocycles. The third-order valence-corrected chi connectivity index (χ3v) is 4.03. The monoisotopic (exact) mass is 303 g/mol. The van der Waals surface area contributed by atoms with E-state index in [2.05, 4.69) is 66.5 Å². The van der Waals surface area contributed by atoms with Gasteiger partial charge in [-0.15, -0.1) is 0 Å². The largest absolute Gasteiger partial charge is 0.369 e. The molecule has 2 aromatic heterocycles. The van der Waals surface area contributed by atoms with Crippen LogP contribution in [0.5, 0.6) is 0 Å². The first-order valence-electron chi connectivity index (χ1n) is 8.10. The van der Waals surface area contributed by atoms with E-state index in [0.717, 1.165) is 37.5 Å². The van der Waals surface area contributed by atoms with E-state index in [-0.39, 0.29) is 0 Å². The lowest BCUT2D eigenvalue weighted by Gasteiger charge is -2.12. The third kappa shape index (κ3) is 3.58. The smallest absolute Gasteiger partial charge is 0.145 e. The van der Waals surface area contributed by atoms with Gasteiger partial charge in [-0.1, -0.05) is 13.8 Å². The summed E-state index contributed by atoms with van der Waals surface area (Å²) >= 11 is 0. The number of aryl methyl sites for hydroxylation is 1. The molecule has 2 heterocycles. The molecule has 2 rings (SSSR count). The summed E-state index contributed by atoms with van der Waals surface area (Å²) < 4.78 is 2.32. The van der Waals surface area contributed by atoms with Crippen molar-refractivity contribution in [3.63, 3.8) is 0 Å². The Morgan fingerprint density at radius 1 is 1.23 bits per heavy atom. The highest BCUT2D eigenvalue weighted by Gasteiger charge is 2.16. The third-order valence-electron chi connectivity index (χ3n) is 4.03. The van der Waals surface area contributed by atoms with Crippen LogP contribution in [0.15, 0.2) is 6.33 Å². The second-order valence-corrected chi connectivity index (χ2v) is 6.72. The van der Waals surface area contributed by atoms with E-state index in [1.54, 1.807) is 6.33 Å². The number of fused-ring (bicyclic) bond motifs is 1. The first kappa shape index (κ1) is 16.7. The molecular formula is C17H29N5. The zero-order valence-electron chi connectivity index (χ0n) is 14.8. The molecule has 22 heavy (non-hydrogen) atoms. The van der Waals surface area contributed by atoms with E-state index in [1.807, 2.05) is 0 Å². The van der Waals surface area contributed by atoms with Gasteiger partial charge >= 0.3 is 0 Å². The molecule has 0 aliphatic heterocycles. The lowest BCUT2D eigenvalue weighted by Crippen LogP contribution is -2.16. The van der Waals surface area contributed by atoms with Crippen LogP contribution in [0.3, 0.4) is 0 Å². The van der Waals surface area contributed by atoms with Gasteiger partial charge < -0.3 is 14.8 Å². The van der Waals surface area contributed by atoms with Crippen LogP contribution < -0.4 is 5.32 Å². The minimum atomic E-state index is 0.597. The van der Waals surface area contributed by atoms with Gasteiger partial charge in [0.05, 0.1) is 5.39 Å². The van der Waals surface area contributed by atoms with Crippen LogP contribution in [0.2, 0.25) is 0 Å². The van der Waals surface area contributed by atoms with Crippen molar-refractivity contribution in [2.24, 2.45) is 5.92 Å². The maximum absolute atomic E-state index is 4.54. The van der Waals surface area contributed by atoms with Crippen molar-refractivity contribution < 1.29 is 0 Å². The Bertz CT molecular complexity index is 628. The minimum absolute atomic E-state index is 0.597. The molecule has 0 aliphatic rings. The van der Waals surface area contributed by atoms with Gasteiger partial charge in [-0.05, 0) is 52.4 Å². The molecular weight excluding hydrogens is 274 g/mol. The second kappa shape index (κ2) is 7.09. The van der Waals surface area contributed by atoms with Crippen molar-refractivity contribution >= 4 is 16.9 Å². The van der Waals surface area contributed by atoms with Crippen LogP contribution in [0.1, 0.15) is 31.5 Å². The number of rotatable bonds is 7. The molecule has 0 atom stereocenters. The van der Waals surface area contributed by atoms with E-state index in [9.17, 15) is 0 Å². The molecule has 0 aromatic carbocycles. The van der Waals surface area contributed by atoms with Crippen LogP contribution in [0.4, 0.5) is 5.82 Å². The van der Waals surface area contributed by atoms with Crippen LogP contribution >= 0.6 is 0 Å². The van der Waals surface area contributed by atoms with Crippen LogP contribution in [0, 0.1) is 19.8 Å². The zero-order chi connectivity index (χ0) is 16.3. The van der Waals surface area contributed by atoms with Crippen molar-refractivity contribution in [2.75, 3.05) is 32.5 Å². The Hall–Kier alpha value is -1.62. The maximum Gasteiger partial charge on any atom is 0.145 e. The molecule has 122 valence electrons.